The molecule has 0 atom stereocenters. The van der Waals surface area contributed by atoms with Crippen LogP contribution in [0.3, 0.4) is 0 Å². The fourth-order valence-corrected chi connectivity index (χ4v) is 2.06. The Morgan fingerprint density at radius 3 is 2.76 bits per heavy atom. The van der Waals surface area contributed by atoms with Crippen LogP contribution in [0.25, 0.3) is 0 Å². The second kappa shape index (κ2) is 5.10. The Morgan fingerprint density at radius 1 is 1.19 bits per heavy atom. The summed E-state index contributed by atoms with van der Waals surface area (Å²) in [5.41, 5.74) is 0.523. The van der Waals surface area contributed by atoms with E-state index < -0.39 is 12.2 Å². The maximum absolute atomic E-state index is 13.4. The Kier molecular flexibility index (Phi) is 3.40. The zero-order valence-corrected chi connectivity index (χ0v) is 11.9. The lowest BCUT2D eigenvalue weighted by molar-refractivity contribution is -0.286. The van der Waals surface area contributed by atoms with E-state index in [0.29, 0.717) is 10.0 Å². The lowest BCUT2D eigenvalue weighted by Crippen LogP contribution is -2.25. The van der Waals surface area contributed by atoms with Crippen molar-refractivity contribution in [1.82, 2.24) is 4.98 Å². The van der Waals surface area contributed by atoms with Gasteiger partial charge in [0, 0.05) is 16.7 Å². The highest BCUT2D eigenvalue weighted by molar-refractivity contribution is 9.10. The first kappa shape index (κ1) is 14.0. The molecule has 8 heteroatoms. The van der Waals surface area contributed by atoms with Crippen LogP contribution in [-0.4, -0.2) is 11.3 Å². The first-order chi connectivity index (χ1) is 9.93. The second-order valence-electron chi connectivity index (χ2n) is 4.18. The maximum atomic E-state index is 13.4. The molecular weight excluding hydrogens is 355 g/mol. The highest BCUT2D eigenvalue weighted by Crippen LogP contribution is 2.41. The van der Waals surface area contributed by atoms with Gasteiger partial charge in [-0.2, -0.15) is 4.39 Å². The number of benzene rings is 1. The maximum Gasteiger partial charge on any atom is 0.586 e. The highest BCUT2D eigenvalue weighted by atomic mass is 79.9. The van der Waals surface area contributed by atoms with E-state index in [0.717, 1.165) is 0 Å². The van der Waals surface area contributed by atoms with Gasteiger partial charge < -0.3 is 14.2 Å². The van der Waals surface area contributed by atoms with Crippen LogP contribution in [0, 0.1) is 5.95 Å². The van der Waals surface area contributed by atoms with E-state index in [1.165, 1.54) is 30.5 Å². The van der Waals surface area contributed by atoms with Crippen LogP contribution >= 0.6 is 15.9 Å². The van der Waals surface area contributed by atoms with Gasteiger partial charge in [-0.3, -0.25) is 0 Å². The summed E-state index contributed by atoms with van der Waals surface area (Å²) in [7, 11) is 0. The summed E-state index contributed by atoms with van der Waals surface area (Å²) in [5, 5.41) is 0. The van der Waals surface area contributed by atoms with Crippen molar-refractivity contribution in [1.29, 1.82) is 0 Å². The zero-order valence-electron chi connectivity index (χ0n) is 10.3. The molecule has 0 amide bonds. The van der Waals surface area contributed by atoms with Crippen LogP contribution < -0.4 is 14.2 Å². The summed E-state index contributed by atoms with van der Waals surface area (Å²) in [6.07, 6.45) is -2.37. The van der Waals surface area contributed by atoms with Gasteiger partial charge in [0.05, 0.1) is 0 Å². The molecule has 1 aliphatic rings. The Morgan fingerprint density at radius 2 is 1.95 bits per heavy atom. The number of ether oxygens (including phenoxy) is 3. The molecule has 0 N–H and O–H groups in total. The van der Waals surface area contributed by atoms with E-state index in [9.17, 15) is 13.2 Å². The van der Waals surface area contributed by atoms with Gasteiger partial charge in [-0.1, -0.05) is 6.07 Å². The Hall–Kier alpha value is -1.96. The molecule has 0 bridgehead atoms. The molecule has 0 saturated carbocycles. The van der Waals surface area contributed by atoms with Crippen LogP contribution in [0.1, 0.15) is 5.56 Å². The summed E-state index contributed by atoms with van der Waals surface area (Å²) in [6, 6.07) is 5.63. The standard InChI is InChI=1S/C13H7BrF3NO3/c14-8-4-11(12(15)18-5-8)19-6-7-1-2-9-10(3-7)21-13(16,17)20-9/h1-5H,6H2. The molecule has 3 rings (SSSR count). The van der Waals surface area contributed by atoms with Crippen molar-refractivity contribution in [3.63, 3.8) is 0 Å². The van der Waals surface area contributed by atoms with Gasteiger partial charge in [0.2, 0.25) is 0 Å². The minimum atomic E-state index is -3.66. The number of aromatic nitrogens is 1. The fraction of sp³-hybridized carbons (Fsp3) is 0.154. The Balaban J connectivity index is 1.74. The predicted octanol–water partition coefficient (Wildman–Crippen LogP) is 3.88. The summed E-state index contributed by atoms with van der Waals surface area (Å²) in [5.74, 6) is -0.953. The monoisotopic (exact) mass is 361 g/mol. The van der Waals surface area contributed by atoms with Gasteiger partial charge in [0.1, 0.15) is 6.61 Å². The van der Waals surface area contributed by atoms with Gasteiger partial charge in [-0.15, -0.1) is 8.78 Å². The third-order valence-corrected chi connectivity index (χ3v) is 3.07. The smallest absolute Gasteiger partial charge is 0.484 e. The minimum absolute atomic E-state index is 0.0305. The SMILES string of the molecule is Fc1ncc(Br)cc1OCc1ccc2c(c1)OC(F)(F)O2. The molecule has 1 aromatic heterocycles. The van der Waals surface area contributed by atoms with Gasteiger partial charge >= 0.3 is 6.29 Å². The van der Waals surface area contributed by atoms with Crippen LogP contribution in [-0.2, 0) is 6.61 Å². The van der Waals surface area contributed by atoms with Gasteiger partial charge in [0.15, 0.2) is 17.2 Å². The van der Waals surface area contributed by atoms with Crippen molar-refractivity contribution < 1.29 is 27.4 Å². The average Bonchev–Trinajstić information content (AvgIpc) is 2.72. The molecule has 21 heavy (non-hydrogen) atoms. The summed E-state index contributed by atoms with van der Waals surface area (Å²) in [6.45, 7) is -0.0305. The molecule has 0 unspecified atom stereocenters. The third kappa shape index (κ3) is 3.05. The van der Waals surface area contributed by atoms with E-state index >= 15 is 0 Å². The molecule has 110 valence electrons. The lowest BCUT2D eigenvalue weighted by Gasteiger charge is -2.07. The molecule has 4 nitrogen and oxygen atoms in total. The van der Waals surface area contributed by atoms with E-state index in [2.05, 4.69) is 30.4 Å². The molecule has 0 saturated heterocycles. The number of alkyl halides is 2. The Labute approximate surface area is 125 Å². The number of nitrogens with zero attached hydrogens (tertiary/aromatic N) is 1. The number of hydrogen-bond donors (Lipinski definition) is 0. The quantitative estimate of drug-likeness (QED) is 0.777. The molecule has 2 heterocycles. The number of fused-ring (bicyclic) bond motifs is 1. The number of hydrogen-bond acceptors (Lipinski definition) is 4. The van der Waals surface area contributed by atoms with E-state index in [-0.39, 0.29) is 23.9 Å². The van der Waals surface area contributed by atoms with Crippen molar-refractivity contribution in [2.24, 2.45) is 0 Å². The van der Waals surface area contributed by atoms with Crippen molar-refractivity contribution >= 4 is 15.9 Å². The number of halogens is 4. The lowest BCUT2D eigenvalue weighted by atomic mass is 10.2. The molecule has 0 spiro atoms. The first-order valence-electron chi connectivity index (χ1n) is 5.75. The summed E-state index contributed by atoms with van der Waals surface area (Å²) >= 11 is 3.15. The fourth-order valence-electron chi connectivity index (χ4n) is 1.75. The molecule has 1 aromatic carbocycles. The largest absolute Gasteiger partial charge is 0.586 e. The van der Waals surface area contributed by atoms with Crippen LogP contribution in [0.5, 0.6) is 17.2 Å². The molecular formula is C13H7BrF3NO3. The Bertz CT molecular complexity index is 696. The summed E-state index contributed by atoms with van der Waals surface area (Å²) < 4.78 is 53.6. The van der Waals surface area contributed by atoms with Crippen molar-refractivity contribution in [3.8, 4) is 17.2 Å². The van der Waals surface area contributed by atoms with Crippen molar-refractivity contribution in [2.45, 2.75) is 12.9 Å². The van der Waals surface area contributed by atoms with Crippen molar-refractivity contribution in [2.75, 3.05) is 0 Å². The van der Waals surface area contributed by atoms with Crippen LogP contribution in [0.2, 0.25) is 0 Å². The molecule has 0 radical (unpaired) electrons. The van der Waals surface area contributed by atoms with Crippen LogP contribution in [0.15, 0.2) is 34.9 Å². The number of rotatable bonds is 3. The number of pyridine rings is 1. The summed E-state index contributed by atoms with van der Waals surface area (Å²) in [4.78, 5) is 3.49. The average molecular weight is 362 g/mol. The molecule has 2 aromatic rings. The van der Waals surface area contributed by atoms with Crippen molar-refractivity contribution in [3.05, 3.63) is 46.4 Å². The molecule has 0 fully saturated rings. The zero-order chi connectivity index (χ0) is 15.0. The normalized spacial score (nSPS) is 15.0. The van der Waals surface area contributed by atoms with Crippen LogP contribution in [0.4, 0.5) is 13.2 Å². The third-order valence-electron chi connectivity index (χ3n) is 2.63. The second-order valence-corrected chi connectivity index (χ2v) is 5.10. The van der Waals surface area contributed by atoms with E-state index in [1.807, 2.05) is 0 Å². The molecule has 0 aliphatic carbocycles. The molecule has 1 aliphatic heterocycles. The highest BCUT2D eigenvalue weighted by Gasteiger charge is 2.43. The van der Waals surface area contributed by atoms with Gasteiger partial charge in [-0.05, 0) is 33.6 Å². The predicted molar refractivity (Wildman–Crippen MR) is 68.9 cm³/mol. The first-order valence-corrected chi connectivity index (χ1v) is 6.55. The van der Waals surface area contributed by atoms with E-state index in [4.69, 9.17) is 4.74 Å². The van der Waals surface area contributed by atoms with E-state index in [1.54, 1.807) is 0 Å². The minimum Gasteiger partial charge on any atom is -0.484 e. The topological polar surface area (TPSA) is 40.6 Å². The van der Waals surface area contributed by atoms with Gasteiger partial charge in [-0.25, -0.2) is 4.98 Å². The van der Waals surface area contributed by atoms with Gasteiger partial charge in [0.25, 0.3) is 5.95 Å².